The van der Waals surface area contributed by atoms with Crippen LogP contribution in [0.4, 0.5) is 0 Å². The van der Waals surface area contributed by atoms with Gasteiger partial charge in [-0.15, -0.1) is 0 Å². The van der Waals surface area contributed by atoms with E-state index in [-0.39, 0.29) is 17.8 Å². The maximum absolute atomic E-state index is 13.8. The summed E-state index contributed by atoms with van der Waals surface area (Å²) >= 11 is 3.67. The fourth-order valence-electron chi connectivity index (χ4n) is 5.00. The number of allylic oxidation sites excluding steroid dienone is 3. The second-order valence-electron chi connectivity index (χ2n) is 9.28. The van der Waals surface area contributed by atoms with Crippen molar-refractivity contribution in [1.29, 1.82) is 0 Å². The molecule has 2 aliphatic rings. The first-order chi connectivity index (χ1) is 17.3. The topological polar surface area (TPSA) is 73.9 Å². The highest BCUT2D eigenvalue weighted by Crippen LogP contribution is 2.49. The van der Waals surface area contributed by atoms with Crippen molar-refractivity contribution in [3.8, 4) is 11.5 Å². The van der Waals surface area contributed by atoms with Gasteiger partial charge >= 0.3 is 5.97 Å². The number of rotatable bonds is 7. The molecule has 6 nitrogen and oxygen atoms in total. The first-order valence-electron chi connectivity index (χ1n) is 12.2. The SMILES string of the molecule is CC[C@@H](C)OC(=O)C1=C(C)NC2=C(C(=O)C[C@H](c3ccccc3)C2)[C@@H]1c1cc(OC)c(OC)cc1Br. The van der Waals surface area contributed by atoms with E-state index in [0.29, 0.717) is 47.6 Å². The lowest BCUT2D eigenvalue weighted by Gasteiger charge is -2.37. The van der Waals surface area contributed by atoms with E-state index in [9.17, 15) is 9.59 Å². The van der Waals surface area contributed by atoms with Crippen molar-refractivity contribution in [3.63, 3.8) is 0 Å². The van der Waals surface area contributed by atoms with E-state index >= 15 is 0 Å². The van der Waals surface area contributed by atoms with Gasteiger partial charge in [0, 0.05) is 33.8 Å². The van der Waals surface area contributed by atoms with Crippen molar-refractivity contribution in [3.05, 3.63) is 80.6 Å². The van der Waals surface area contributed by atoms with Gasteiger partial charge in [-0.3, -0.25) is 4.79 Å². The molecule has 0 saturated carbocycles. The Kier molecular flexibility index (Phi) is 7.88. The lowest BCUT2D eigenvalue weighted by molar-refractivity contribution is -0.144. The molecule has 1 aliphatic heterocycles. The third-order valence-corrected chi connectivity index (χ3v) is 7.70. The largest absolute Gasteiger partial charge is 0.493 e. The van der Waals surface area contributed by atoms with Crippen LogP contribution in [0.25, 0.3) is 0 Å². The van der Waals surface area contributed by atoms with E-state index in [2.05, 4.69) is 33.4 Å². The van der Waals surface area contributed by atoms with Gasteiger partial charge in [-0.1, -0.05) is 53.2 Å². The third kappa shape index (κ3) is 4.94. The van der Waals surface area contributed by atoms with Gasteiger partial charge in [0.1, 0.15) is 0 Å². The molecular formula is C29H32BrNO5. The molecule has 1 N–H and O–H groups in total. The highest BCUT2D eigenvalue weighted by atomic mass is 79.9. The summed E-state index contributed by atoms with van der Waals surface area (Å²) in [6, 6.07) is 13.7. The number of ether oxygens (including phenoxy) is 3. The normalized spacial score (nSPS) is 20.4. The van der Waals surface area contributed by atoms with Crippen molar-refractivity contribution in [1.82, 2.24) is 5.32 Å². The van der Waals surface area contributed by atoms with Gasteiger partial charge in [0.25, 0.3) is 0 Å². The summed E-state index contributed by atoms with van der Waals surface area (Å²) in [4.78, 5) is 27.3. The monoisotopic (exact) mass is 553 g/mol. The number of carbonyl (C=O) groups is 2. The summed E-state index contributed by atoms with van der Waals surface area (Å²) in [5, 5.41) is 3.41. The van der Waals surface area contributed by atoms with Crippen molar-refractivity contribution < 1.29 is 23.8 Å². The molecule has 36 heavy (non-hydrogen) atoms. The Bertz CT molecular complexity index is 1230. The van der Waals surface area contributed by atoms with E-state index in [0.717, 1.165) is 21.3 Å². The van der Waals surface area contributed by atoms with Gasteiger partial charge in [0.05, 0.1) is 25.9 Å². The number of nitrogens with one attached hydrogen (secondary N) is 1. The Labute approximate surface area is 220 Å². The zero-order valence-electron chi connectivity index (χ0n) is 21.3. The Morgan fingerprint density at radius 1 is 1.11 bits per heavy atom. The van der Waals surface area contributed by atoms with E-state index in [4.69, 9.17) is 14.2 Å². The zero-order valence-corrected chi connectivity index (χ0v) is 22.9. The first kappa shape index (κ1) is 26.0. The van der Waals surface area contributed by atoms with Gasteiger partial charge in [-0.2, -0.15) is 0 Å². The smallest absolute Gasteiger partial charge is 0.337 e. The van der Waals surface area contributed by atoms with Gasteiger partial charge in [0.2, 0.25) is 0 Å². The molecule has 190 valence electrons. The van der Waals surface area contributed by atoms with E-state index in [1.807, 2.05) is 51.1 Å². The average Bonchev–Trinajstić information content (AvgIpc) is 2.87. The molecule has 0 spiro atoms. The number of methoxy groups -OCH3 is 2. The maximum atomic E-state index is 13.8. The molecule has 3 atom stereocenters. The molecule has 2 aromatic rings. The lowest BCUT2D eigenvalue weighted by Crippen LogP contribution is -2.36. The summed E-state index contributed by atoms with van der Waals surface area (Å²) in [5.41, 5.74) is 4.47. The average molecular weight is 554 g/mol. The fourth-order valence-corrected chi connectivity index (χ4v) is 5.55. The van der Waals surface area contributed by atoms with Crippen LogP contribution < -0.4 is 14.8 Å². The molecule has 0 saturated heterocycles. The van der Waals surface area contributed by atoms with Gasteiger partial charge in [-0.05, 0) is 55.9 Å². The predicted molar refractivity (Wildman–Crippen MR) is 142 cm³/mol. The summed E-state index contributed by atoms with van der Waals surface area (Å²) in [6.45, 7) is 5.71. The van der Waals surface area contributed by atoms with Crippen molar-refractivity contribution in [2.24, 2.45) is 0 Å². The van der Waals surface area contributed by atoms with Crippen LogP contribution in [-0.2, 0) is 14.3 Å². The minimum atomic E-state index is -0.601. The quantitative estimate of drug-likeness (QED) is 0.413. The standard InChI is InChI=1S/C29H32BrNO5/c1-6-16(2)36-29(33)26-17(3)31-22-12-19(18-10-8-7-9-11-18)13-23(32)28(22)27(26)20-14-24(34-4)25(35-5)15-21(20)30/h7-11,14-16,19,27,31H,6,12-13H2,1-5H3/t16-,19-,27-/m1/s1. The second kappa shape index (κ2) is 10.9. The zero-order chi connectivity index (χ0) is 26.0. The van der Waals surface area contributed by atoms with Crippen LogP contribution in [0.2, 0.25) is 0 Å². The van der Waals surface area contributed by atoms with Gasteiger partial charge in [-0.25, -0.2) is 4.79 Å². The number of esters is 1. The maximum Gasteiger partial charge on any atom is 0.337 e. The minimum absolute atomic E-state index is 0.0191. The molecular weight excluding hydrogens is 522 g/mol. The van der Waals surface area contributed by atoms with Crippen molar-refractivity contribution >= 4 is 27.7 Å². The van der Waals surface area contributed by atoms with Gasteiger partial charge in [0.15, 0.2) is 17.3 Å². The Balaban J connectivity index is 1.87. The Morgan fingerprint density at radius 2 is 1.78 bits per heavy atom. The second-order valence-corrected chi connectivity index (χ2v) is 10.1. The Morgan fingerprint density at radius 3 is 2.42 bits per heavy atom. The molecule has 0 amide bonds. The van der Waals surface area contributed by atoms with Gasteiger partial charge < -0.3 is 19.5 Å². The van der Waals surface area contributed by atoms with E-state index in [1.165, 1.54) is 0 Å². The highest BCUT2D eigenvalue weighted by molar-refractivity contribution is 9.10. The van der Waals surface area contributed by atoms with Crippen molar-refractivity contribution in [2.45, 2.75) is 58.0 Å². The molecule has 4 rings (SSSR count). The number of dihydropyridines is 1. The van der Waals surface area contributed by atoms with Crippen LogP contribution in [0.5, 0.6) is 11.5 Å². The molecule has 0 fully saturated rings. The van der Waals surface area contributed by atoms with Crippen LogP contribution in [0.15, 0.2) is 69.5 Å². The molecule has 0 aromatic heterocycles. The third-order valence-electron chi connectivity index (χ3n) is 7.02. The highest BCUT2D eigenvalue weighted by Gasteiger charge is 2.42. The summed E-state index contributed by atoms with van der Waals surface area (Å²) in [7, 11) is 3.14. The van der Waals surface area contributed by atoms with Crippen LogP contribution in [0, 0.1) is 0 Å². The lowest BCUT2D eigenvalue weighted by atomic mass is 9.71. The summed E-state index contributed by atoms with van der Waals surface area (Å²) in [6.07, 6.45) is 1.50. The van der Waals surface area contributed by atoms with Crippen LogP contribution in [0.3, 0.4) is 0 Å². The summed E-state index contributed by atoms with van der Waals surface area (Å²) in [5.74, 6) is 0.141. The van der Waals surface area contributed by atoms with Crippen molar-refractivity contribution in [2.75, 3.05) is 14.2 Å². The molecule has 0 unspecified atom stereocenters. The number of hydrogen-bond donors (Lipinski definition) is 1. The number of ketones is 1. The Hall–Kier alpha value is -3.06. The van der Waals surface area contributed by atoms with Crippen LogP contribution in [-0.4, -0.2) is 32.1 Å². The van der Waals surface area contributed by atoms with Crippen LogP contribution in [0.1, 0.15) is 63.0 Å². The van der Waals surface area contributed by atoms with E-state index < -0.39 is 11.9 Å². The molecule has 7 heteroatoms. The molecule has 0 radical (unpaired) electrons. The number of benzene rings is 2. The fraction of sp³-hybridized carbons (Fsp3) is 0.379. The van der Waals surface area contributed by atoms with E-state index in [1.54, 1.807) is 14.2 Å². The minimum Gasteiger partial charge on any atom is -0.493 e. The predicted octanol–water partition coefficient (Wildman–Crippen LogP) is 6.17. The summed E-state index contributed by atoms with van der Waals surface area (Å²) < 4.78 is 17.5. The first-order valence-corrected chi connectivity index (χ1v) is 13.0. The molecule has 1 heterocycles. The number of halogens is 1. The number of carbonyl (C=O) groups excluding carboxylic acids is 2. The van der Waals surface area contributed by atoms with Crippen LogP contribution >= 0.6 is 15.9 Å². The number of hydrogen-bond acceptors (Lipinski definition) is 6. The molecule has 2 aromatic carbocycles. The number of Topliss-reactive ketones (excluding diaryl/α,β-unsaturated/α-hetero) is 1. The molecule has 1 aliphatic carbocycles. The molecule has 0 bridgehead atoms.